The summed E-state index contributed by atoms with van der Waals surface area (Å²) in [5, 5.41) is 3.32. The molecule has 0 fully saturated rings. The zero-order chi connectivity index (χ0) is 17.8. The highest BCUT2D eigenvalue weighted by Gasteiger charge is 2.19. The summed E-state index contributed by atoms with van der Waals surface area (Å²) in [4.78, 5) is 23.2. The van der Waals surface area contributed by atoms with Gasteiger partial charge in [-0.1, -0.05) is 54.1 Å². The van der Waals surface area contributed by atoms with Gasteiger partial charge < -0.3 is 10.2 Å². The number of nitrogens with one attached hydrogen (secondary N) is 1. The van der Waals surface area contributed by atoms with Gasteiger partial charge in [-0.2, -0.15) is 0 Å². The Morgan fingerprint density at radius 2 is 1.68 bits per heavy atom. The van der Waals surface area contributed by atoms with Gasteiger partial charge in [0.05, 0.1) is 16.3 Å². The quantitative estimate of drug-likeness (QED) is 0.767. The van der Waals surface area contributed by atoms with E-state index in [0.29, 0.717) is 27.8 Å². The van der Waals surface area contributed by atoms with E-state index in [-0.39, 0.29) is 5.91 Å². The SMILES string of the molecule is CN(C)c1ncnc(-c2ccccc2)c1NC(=O)c1ccccc1Cl. The van der Waals surface area contributed by atoms with E-state index in [1.165, 1.54) is 6.33 Å². The molecule has 1 amide bonds. The fraction of sp³-hybridized carbons (Fsp3) is 0.105. The van der Waals surface area contributed by atoms with Crippen LogP contribution in [0.15, 0.2) is 60.9 Å². The minimum atomic E-state index is -0.305. The van der Waals surface area contributed by atoms with Gasteiger partial charge in [-0.25, -0.2) is 9.97 Å². The molecule has 25 heavy (non-hydrogen) atoms. The number of rotatable bonds is 4. The second kappa shape index (κ2) is 7.32. The Labute approximate surface area is 151 Å². The van der Waals surface area contributed by atoms with Crippen molar-refractivity contribution in [3.05, 3.63) is 71.5 Å². The summed E-state index contributed by atoms with van der Waals surface area (Å²) in [7, 11) is 3.73. The summed E-state index contributed by atoms with van der Waals surface area (Å²) in [5.74, 6) is 0.315. The normalized spacial score (nSPS) is 10.4. The molecule has 1 heterocycles. The Kier molecular flexibility index (Phi) is 4.95. The van der Waals surface area contributed by atoms with E-state index in [9.17, 15) is 4.79 Å². The molecule has 0 bridgehead atoms. The van der Waals surface area contributed by atoms with Gasteiger partial charge in [-0.15, -0.1) is 0 Å². The van der Waals surface area contributed by atoms with Crippen LogP contribution in [-0.4, -0.2) is 30.0 Å². The lowest BCUT2D eigenvalue weighted by Crippen LogP contribution is -2.19. The van der Waals surface area contributed by atoms with Crippen molar-refractivity contribution in [2.45, 2.75) is 0 Å². The lowest BCUT2D eigenvalue weighted by molar-refractivity contribution is 0.102. The van der Waals surface area contributed by atoms with E-state index in [4.69, 9.17) is 11.6 Å². The minimum absolute atomic E-state index is 0.305. The first kappa shape index (κ1) is 16.9. The third-order valence-corrected chi connectivity index (χ3v) is 3.98. The Morgan fingerprint density at radius 3 is 2.36 bits per heavy atom. The molecule has 2 aromatic carbocycles. The van der Waals surface area contributed by atoms with Crippen molar-refractivity contribution in [1.29, 1.82) is 0 Å². The Hall–Kier alpha value is -2.92. The van der Waals surface area contributed by atoms with Crippen LogP contribution in [0.1, 0.15) is 10.4 Å². The molecule has 1 N–H and O–H groups in total. The zero-order valence-corrected chi connectivity index (χ0v) is 14.7. The summed E-state index contributed by atoms with van der Waals surface area (Å²) in [5.41, 5.74) is 2.49. The maximum Gasteiger partial charge on any atom is 0.257 e. The molecule has 5 nitrogen and oxygen atoms in total. The number of aromatic nitrogens is 2. The average Bonchev–Trinajstić information content (AvgIpc) is 2.62. The molecule has 0 aliphatic heterocycles. The molecular formula is C19H17ClN4O. The minimum Gasteiger partial charge on any atom is -0.361 e. The van der Waals surface area contributed by atoms with Crippen LogP contribution in [0.25, 0.3) is 11.3 Å². The molecule has 1 aromatic heterocycles. The predicted octanol–water partition coefficient (Wildman–Crippen LogP) is 4.12. The van der Waals surface area contributed by atoms with Gasteiger partial charge in [-0.3, -0.25) is 4.79 Å². The molecule has 0 radical (unpaired) electrons. The monoisotopic (exact) mass is 352 g/mol. The van der Waals surface area contributed by atoms with E-state index in [1.807, 2.05) is 49.3 Å². The van der Waals surface area contributed by atoms with Crippen LogP contribution in [0.3, 0.4) is 0 Å². The second-order valence-electron chi connectivity index (χ2n) is 5.62. The summed E-state index contributed by atoms with van der Waals surface area (Å²) in [6, 6.07) is 16.6. The molecule has 3 aromatic rings. The number of nitrogens with zero attached hydrogens (tertiary/aromatic N) is 3. The highest BCUT2D eigenvalue weighted by Crippen LogP contribution is 2.32. The fourth-order valence-corrected chi connectivity index (χ4v) is 2.69. The maximum absolute atomic E-state index is 12.7. The molecule has 6 heteroatoms. The van der Waals surface area contributed by atoms with Crippen LogP contribution in [0, 0.1) is 0 Å². The Balaban J connectivity index is 2.08. The molecule has 0 saturated heterocycles. The molecule has 0 unspecified atom stereocenters. The van der Waals surface area contributed by atoms with Crippen molar-refractivity contribution in [3.8, 4) is 11.3 Å². The summed E-state index contributed by atoms with van der Waals surface area (Å²) in [6.45, 7) is 0. The highest BCUT2D eigenvalue weighted by atomic mass is 35.5. The first-order valence-electron chi connectivity index (χ1n) is 7.71. The van der Waals surface area contributed by atoms with Crippen LogP contribution in [0.2, 0.25) is 5.02 Å². The lowest BCUT2D eigenvalue weighted by Gasteiger charge is -2.19. The molecule has 0 spiro atoms. The number of hydrogen-bond donors (Lipinski definition) is 1. The number of amides is 1. The number of anilines is 2. The predicted molar refractivity (Wildman–Crippen MR) is 101 cm³/mol. The summed E-state index contributed by atoms with van der Waals surface area (Å²) >= 11 is 6.14. The van der Waals surface area contributed by atoms with E-state index >= 15 is 0 Å². The summed E-state index contributed by atoms with van der Waals surface area (Å²) in [6.07, 6.45) is 1.49. The number of hydrogen-bond acceptors (Lipinski definition) is 4. The van der Waals surface area contributed by atoms with Gasteiger partial charge in [-0.05, 0) is 12.1 Å². The van der Waals surface area contributed by atoms with Gasteiger partial charge >= 0.3 is 0 Å². The number of halogens is 1. The zero-order valence-electron chi connectivity index (χ0n) is 13.9. The van der Waals surface area contributed by atoms with Crippen LogP contribution in [-0.2, 0) is 0 Å². The smallest absolute Gasteiger partial charge is 0.257 e. The third kappa shape index (κ3) is 3.61. The van der Waals surface area contributed by atoms with Crippen molar-refractivity contribution in [3.63, 3.8) is 0 Å². The van der Waals surface area contributed by atoms with Crippen molar-refractivity contribution in [2.24, 2.45) is 0 Å². The molecular weight excluding hydrogens is 336 g/mol. The van der Waals surface area contributed by atoms with Crippen molar-refractivity contribution < 1.29 is 4.79 Å². The maximum atomic E-state index is 12.7. The second-order valence-corrected chi connectivity index (χ2v) is 6.02. The molecule has 126 valence electrons. The van der Waals surface area contributed by atoms with Crippen molar-refractivity contribution >= 4 is 29.0 Å². The van der Waals surface area contributed by atoms with E-state index in [0.717, 1.165) is 5.56 Å². The molecule has 0 aliphatic rings. The average molecular weight is 353 g/mol. The van der Waals surface area contributed by atoms with Crippen LogP contribution >= 0.6 is 11.6 Å². The lowest BCUT2D eigenvalue weighted by atomic mass is 10.1. The fourth-order valence-electron chi connectivity index (χ4n) is 2.47. The van der Waals surface area contributed by atoms with Crippen molar-refractivity contribution in [2.75, 3.05) is 24.3 Å². The molecule has 0 aliphatic carbocycles. The topological polar surface area (TPSA) is 58.1 Å². The van der Waals surface area contributed by atoms with E-state index in [1.54, 1.807) is 24.3 Å². The van der Waals surface area contributed by atoms with Gasteiger partial charge in [0.15, 0.2) is 5.82 Å². The van der Waals surface area contributed by atoms with Gasteiger partial charge in [0, 0.05) is 19.7 Å². The highest BCUT2D eigenvalue weighted by molar-refractivity contribution is 6.34. The Bertz CT molecular complexity index is 897. The van der Waals surface area contributed by atoms with E-state index in [2.05, 4.69) is 15.3 Å². The summed E-state index contributed by atoms with van der Waals surface area (Å²) < 4.78 is 0. The molecule has 0 saturated carbocycles. The van der Waals surface area contributed by atoms with Gasteiger partial charge in [0.1, 0.15) is 12.0 Å². The number of carbonyl (C=O) groups is 1. The third-order valence-electron chi connectivity index (χ3n) is 3.66. The van der Waals surface area contributed by atoms with Gasteiger partial charge in [0.2, 0.25) is 0 Å². The van der Waals surface area contributed by atoms with Crippen molar-refractivity contribution in [1.82, 2.24) is 9.97 Å². The first-order chi connectivity index (χ1) is 12.1. The van der Waals surface area contributed by atoms with Crippen LogP contribution in [0.5, 0.6) is 0 Å². The van der Waals surface area contributed by atoms with Crippen LogP contribution < -0.4 is 10.2 Å². The number of benzene rings is 2. The molecule has 3 rings (SSSR count). The molecule has 0 atom stereocenters. The number of carbonyl (C=O) groups excluding carboxylic acids is 1. The van der Waals surface area contributed by atoms with Gasteiger partial charge in [0.25, 0.3) is 5.91 Å². The van der Waals surface area contributed by atoms with Crippen LogP contribution in [0.4, 0.5) is 11.5 Å². The van der Waals surface area contributed by atoms with E-state index < -0.39 is 0 Å². The Morgan fingerprint density at radius 1 is 1.00 bits per heavy atom. The standard InChI is InChI=1S/C19H17ClN4O/c1-24(2)18-17(23-19(25)14-10-6-7-11-15(14)20)16(21-12-22-18)13-8-4-3-5-9-13/h3-12H,1-2H3,(H,23,25). The first-order valence-corrected chi connectivity index (χ1v) is 8.09. The largest absolute Gasteiger partial charge is 0.361 e.